The van der Waals surface area contributed by atoms with Crippen molar-refractivity contribution >= 4 is 19.7 Å². The molecular formula is C13H21NO4S2. The molecule has 1 rings (SSSR count). The van der Waals surface area contributed by atoms with Gasteiger partial charge in [-0.05, 0) is 30.5 Å². The lowest BCUT2D eigenvalue weighted by Crippen LogP contribution is -2.14. The Morgan fingerprint density at radius 1 is 1.20 bits per heavy atom. The monoisotopic (exact) mass is 319 g/mol. The van der Waals surface area contributed by atoms with E-state index < -0.39 is 19.7 Å². The van der Waals surface area contributed by atoms with Crippen molar-refractivity contribution in [1.29, 1.82) is 0 Å². The highest BCUT2D eigenvalue weighted by atomic mass is 32.2. The van der Waals surface area contributed by atoms with E-state index in [-0.39, 0.29) is 22.4 Å². The summed E-state index contributed by atoms with van der Waals surface area (Å²) < 4.78 is 45.7. The van der Waals surface area contributed by atoms with E-state index in [2.05, 4.69) is 0 Å². The largest absolute Gasteiger partial charge is 0.324 e. The zero-order valence-electron chi connectivity index (χ0n) is 11.7. The maximum Gasteiger partial charge on any atom is 0.175 e. The van der Waals surface area contributed by atoms with Crippen LogP contribution in [0.15, 0.2) is 29.2 Å². The zero-order valence-corrected chi connectivity index (χ0v) is 13.4. The predicted octanol–water partition coefficient (Wildman–Crippen LogP) is 1.30. The standard InChI is InChI=1S/C13H21NO4S2/c1-3-20(17,18)9-5-8-13(14)11-6-4-7-12(10-11)19(2,15)16/h4,6-7,10,13H,3,5,8-9,14H2,1-2H3. The van der Waals surface area contributed by atoms with Crippen LogP contribution in [-0.2, 0) is 19.7 Å². The Balaban J connectivity index is 2.72. The van der Waals surface area contributed by atoms with Crippen LogP contribution in [0.25, 0.3) is 0 Å². The Hall–Kier alpha value is -0.920. The Bertz CT molecular complexity index is 651. The fourth-order valence-corrected chi connectivity index (χ4v) is 3.38. The maximum atomic E-state index is 11.5. The van der Waals surface area contributed by atoms with E-state index in [4.69, 9.17) is 5.73 Å². The lowest BCUT2D eigenvalue weighted by Gasteiger charge is -2.13. The van der Waals surface area contributed by atoms with Crippen molar-refractivity contribution in [2.24, 2.45) is 5.73 Å². The minimum atomic E-state index is -3.26. The summed E-state index contributed by atoms with van der Waals surface area (Å²) in [6.45, 7) is 1.62. The number of benzene rings is 1. The quantitative estimate of drug-likeness (QED) is 0.817. The molecule has 2 N–H and O–H groups in total. The molecule has 0 fully saturated rings. The summed E-state index contributed by atoms with van der Waals surface area (Å²) in [5.41, 5.74) is 6.70. The lowest BCUT2D eigenvalue weighted by molar-refractivity contribution is 0.583. The van der Waals surface area contributed by atoms with E-state index in [1.165, 1.54) is 6.07 Å². The van der Waals surface area contributed by atoms with E-state index >= 15 is 0 Å². The molecular weight excluding hydrogens is 298 g/mol. The molecule has 7 heteroatoms. The molecule has 0 aromatic heterocycles. The molecule has 0 spiro atoms. The summed E-state index contributed by atoms with van der Waals surface area (Å²) in [6.07, 6.45) is 2.12. The van der Waals surface area contributed by atoms with Crippen molar-refractivity contribution in [3.05, 3.63) is 29.8 Å². The van der Waals surface area contributed by atoms with Gasteiger partial charge in [-0.3, -0.25) is 0 Å². The second-order valence-electron chi connectivity index (χ2n) is 4.83. The normalized spacial score (nSPS) is 14.2. The van der Waals surface area contributed by atoms with E-state index in [0.717, 1.165) is 6.26 Å². The van der Waals surface area contributed by atoms with Gasteiger partial charge in [-0.1, -0.05) is 19.1 Å². The van der Waals surface area contributed by atoms with Crippen molar-refractivity contribution in [3.8, 4) is 0 Å². The van der Waals surface area contributed by atoms with Gasteiger partial charge in [-0.25, -0.2) is 16.8 Å². The van der Waals surface area contributed by atoms with E-state index in [1.807, 2.05) is 0 Å². The van der Waals surface area contributed by atoms with Gasteiger partial charge < -0.3 is 5.73 Å². The van der Waals surface area contributed by atoms with E-state index in [9.17, 15) is 16.8 Å². The van der Waals surface area contributed by atoms with Crippen LogP contribution in [0.4, 0.5) is 0 Å². The van der Waals surface area contributed by atoms with E-state index in [1.54, 1.807) is 25.1 Å². The number of sulfone groups is 2. The van der Waals surface area contributed by atoms with Crippen molar-refractivity contribution in [2.75, 3.05) is 17.8 Å². The summed E-state index contributed by atoms with van der Waals surface area (Å²) in [4.78, 5) is 0.228. The average Bonchev–Trinajstić information content (AvgIpc) is 2.37. The molecule has 1 aromatic rings. The van der Waals surface area contributed by atoms with E-state index in [0.29, 0.717) is 18.4 Å². The third-order valence-electron chi connectivity index (χ3n) is 3.12. The minimum absolute atomic E-state index is 0.114. The fraction of sp³-hybridized carbons (Fsp3) is 0.538. The molecule has 0 saturated carbocycles. The first-order valence-corrected chi connectivity index (χ1v) is 10.1. The molecule has 20 heavy (non-hydrogen) atoms. The summed E-state index contributed by atoms with van der Waals surface area (Å²) in [7, 11) is -6.24. The number of rotatable bonds is 7. The van der Waals surface area contributed by atoms with Crippen LogP contribution in [0.2, 0.25) is 0 Å². The van der Waals surface area contributed by atoms with Gasteiger partial charge in [-0.15, -0.1) is 0 Å². The molecule has 5 nitrogen and oxygen atoms in total. The SMILES string of the molecule is CCS(=O)(=O)CCCC(N)c1cccc(S(C)(=O)=O)c1. The van der Waals surface area contributed by atoms with Gasteiger partial charge in [0.2, 0.25) is 0 Å². The molecule has 0 radical (unpaired) electrons. The van der Waals surface area contributed by atoms with Gasteiger partial charge in [0.05, 0.1) is 10.6 Å². The smallest absolute Gasteiger partial charge is 0.175 e. The first-order valence-electron chi connectivity index (χ1n) is 6.42. The first-order chi connectivity index (χ1) is 9.15. The highest BCUT2D eigenvalue weighted by molar-refractivity contribution is 7.91. The molecule has 1 aromatic carbocycles. The number of nitrogens with two attached hydrogens (primary N) is 1. The van der Waals surface area contributed by atoms with Gasteiger partial charge >= 0.3 is 0 Å². The second kappa shape index (κ2) is 6.69. The highest BCUT2D eigenvalue weighted by Gasteiger charge is 2.13. The molecule has 0 heterocycles. The van der Waals surface area contributed by atoms with Crippen LogP contribution < -0.4 is 5.73 Å². The van der Waals surface area contributed by atoms with Crippen molar-refractivity contribution < 1.29 is 16.8 Å². The van der Waals surface area contributed by atoms with Crippen LogP contribution in [0.1, 0.15) is 31.4 Å². The fourth-order valence-electron chi connectivity index (χ4n) is 1.81. The molecule has 0 aliphatic heterocycles. The third kappa shape index (κ3) is 5.22. The van der Waals surface area contributed by atoms with Crippen molar-refractivity contribution in [1.82, 2.24) is 0 Å². The summed E-state index contributed by atoms with van der Waals surface area (Å²) in [5.74, 6) is 0.245. The first kappa shape index (κ1) is 17.1. The van der Waals surface area contributed by atoms with Crippen LogP contribution in [0, 0.1) is 0 Å². The summed E-state index contributed by atoms with van der Waals surface area (Å²) in [6, 6.07) is 6.12. The topological polar surface area (TPSA) is 94.3 Å². The zero-order chi connectivity index (χ0) is 15.4. The highest BCUT2D eigenvalue weighted by Crippen LogP contribution is 2.20. The maximum absolute atomic E-state index is 11.5. The Morgan fingerprint density at radius 3 is 2.40 bits per heavy atom. The van der Waals surface area contributed by atoms with Crippen molar-refractivity contribution in [2.45, 2.75) is 30.7 Å². The van der Waals surface area contributed by atoms with Gasteiger partial charge in [0, 0.05) is 18.1 Å². The molecule has 0 aliphatic carbocycles. The van der Waals surface area contributed by atoms with Gasteiger partial charge in [0.1, 0.15) is 9.84 Å². The molecule has 0 saturated heterocycles. The van der Waals surface area contributed by atoms with Crippen LogP contribution >= 0.6 is 0 Å². The molecule has 0 aliphatic rings. The van der Waals surface area contributed by atoms with Gasteiger partial charge in [0.15, 0.2) is 9.84 Å². The molecule has 1 unspecified atom stereocenters. The molecule has 1 atom stereocenters. The molecule has 114 valence electrons. The third-order valence-corrected chi connectivity index (χ3v) is 6.03. The van der Waals surface area contributed by atoms with Gasteiger partial charge in [0.25, 0.3) is 0 Å². The predicted molar refractivity (Wildman–Crippen MR) is 80.0 cm³/mol. The minimum Gasteiger partial charge on any atom is -0.324 e. The Labute approximate surface area is 121 Å². The average molecular weight is 319 g/mol. The molecule has 0 bridgehead atoms. The summed E-state index contributed by atoms with van der Waals surface area (Å²) >= 11 is 0. The van der Waals surface area contributed by atoms with Crippen LogP contribution in [0.3, 0.4) is 0 Å². The summed E-state index contributed by atoms with van der Waals surface area (Å²) in [5, 5.41) is 0. The van der Waals surface area contributed by atoms with Crippen LogP contribution in [0.5, 0.6) is 0 Å². The van der Waals surface area contributed by atoms with Crippen LogP contribution in [-0.4, -0.2) is 34.6 Å². The Kier molecular flexibility index (Phi) is 5.73. The lowest BCUT2D eigenvalue weighted by atomic mass is 10.0. The van der Waals surface area contributed by atoms with Gasteiger partial charge in [-0.2, -0.15) is 0 Å². The second-order valence-corrected chi connectivity index (χ2v) is 9.32. The number of hydrogen-bond donors (Lipinski definition) is 1. The van der Waals surface area contributed by atoms with Crippen molar-refractivity contribution in [3.63, 3.8) is 0 Å². The Morgan fingerprint density at radius 2 is 1.85 bits per heavy atom. The molecule has 0 amide bonds. The number of hydrogen-bond acceptors (Lipinski definition) is 5.